The molecule has 0 aliphatic heterocycles. The highest BCUT2D eigenvalue weighted by Crippen LogP contribution is 2.31. The molecule has 0 aliphatic carbocycles. The van der Waals surface area contributed by atoms with Gasteiger partial charge in [0.05, 0.1) is 11.1 Å². The summed E-state index contributed by atoms with van der Waals surface area (Å²) >= 11 is 2.07. The number of halogens is 4. The number of nitrogens with zero attached hydrogens (tertiary/aromatic N) is 1. The molecule has 0 fully saturated rings. The first-order valence-electron chi connectivity index (χ1n) is 4.09. The standard InChI is InChI=1S/C10H5F3IN/c11-10(12,13)7-2-1-6-3-8(14)5-15-9(6)4-7/h1-5H. The summed E-state index contributed by atoms with van der Waals surface area (Å²) in [6.07, 6.45) is -2.76. The Morgan fingerprint density at radius 2 is 1.87 bits per heavy atom. The molecule has 0 saturated carbocycles. The van der Waals surface area contributed by atoms with E-state index < -0.39 is 11.7 Å². The molecule has 0 radical (unpaired) electrons. The molecule has 1 aromatic heterocycles. The molecule has 2 aromatic rings. The lowest BCUT2D eigenvalue weighted by atomic mass is 10.1. The van der Waals surface area contributed by atoms with Crippen molar-refractivity contribution in [2.45, 2.75) is 6.18 Å². The molecular formula is C10H5F3IN. The van der Waals surface area contributed by atoms with Gasteiger partial charge in [0.1, 0.15) is 0 Å². The number of benzene rings is 1. The van der Waals surface area contributed by atoms with Crippen LogP contribution in [0.1, 0.15) is 5.56 Å². The molecule has 5 heteroatoms. The Morgan fingerprint density at radius 3 is 2.53 bits per heavy atom. The first-order chi connectivity index (χ1) is 6.97. The van der Waals surface area contributed by atoms with Crippen molar-refractivity contribution in [2.24, 2.45) is 0 Å². The summed E-state index contributed by atoms with van der Waals surface area (Å²) in [5.41, 5.74) is -0.297. The smallest absolute Gasteiger partial charge is 0.255 e. The maximum Gasteiger partial charge on any atom is 0.416 e. The summed E-state index contributed by atoms with van der Waals surface area (Å²) < 4.78 is 38.0. The van der Waals surface area contributed by atoms with Crippen molar-refractivity contribution >= 4 is 33.5 Å². The molecule has 0 unspecified atom stereocenters. The van der Waals surface area contributed by atoms with Gasteiger partial charge in [0, 0.05) is 15.2 Å². The zero-order valence-corrected chi connectivity index (χ0v) is 9.50. The second-order valence-corrected chi connectivity index (χ2v) is 4.30. The van der Waals surface area contributed by atoms with Crippen LogP contribution < -0.4 is 0 Å². The molecule has 1 aromatic carbocycles. The minimum atomic E-state index is -4.31. The SMILES string of the molecule is FC(F)(F)c1ccc2cc(I)cnc2c1. The van der Waals surface area contributed by atoms with Crippen molar-refractivity contribution in [3.05, 3.63) is 39.6 Å². The van der Waals surface area contributed by atoms with Crippen LogP contribution in [0.5, 0.6) is 0 Å². The number of pyridine rings is 1. The molecular weight excluding hydrogens is 318 g/mol. The second-order valence-electron chi connectivity index (χ2n) is 3.06. The highest BCUT2D eigenvalue weighted by Gasteiger charge is 2.30. The average Bonchev–Trinajstić information content (AvgIpc) is 2.15. The van der Waals surface area contributed by atoms with Crippen molar-refractivity contribution in [3.63, 3.8) is 0 Å². The minimum Gasteiger partial charge on any atom is -0.255 e. The van der Waals surface area contributed by atoms with Crippen molar-refractivity contribution in [1.29, 1.82) is 0 Å². The lowest BCUT2D eigenvalue weighted by Crippen LogP contribution is -2.04. The van der Waals surface area contributed by atoms with Gasteiger partial charge in [-0.3, -0.25) is 4.98 Å². The molecule has 15 heavy (non-hydrogen) atoms. The van der Waals surface area contributed by atoms with Crippen molar-refractivity contribution in [2.75, 3.05) is 0 Å². The molecule has 0 atom stereocenters. The van der Waals surface area contributed by atoms with Gasteiger partial charge in [-0.05, 0) is 40.8 Å². The zero-order chi connectivity index (χ0) is 11.1. The lowest BCUT2D eigenvalue weighted by Gasteiger charge is -2.07. The van der Waals surface area contributed by atoms with Gasteiger partial charge in [-0.1, -0.05) is 6.07 Å². The van der Waals surface area contributed by atoms with E-state index in [-0.39, 0.29) is 0 Å². The fraction of sp³-hybridized carbons (Fsp3) is 0.100. The number of hydrogen-bond donors (Lipinski definition) is 0. The molecule has 0 amide bonds. The van der Waals surface area contributed by atoms with E-state index in [9.17, 15) is 13.2 Å². The average molecular weight is 323 g/mol. The number of rotatable bonds is 0. The predicted octanol–water partition coefficient (Wildman–Crippen LogP) is 3.86. The molecule has 0 saturated heterocycles. The summed E-state index contributed by atoms with van der Waals surface area (Å²) in [7, 11) is 0. The molecule has 0 spiro atoms. The Labute approximate surface area is 97.5 Å². The molecule has 2 rings (SSSR count). The topological polar surface area (TPSA) is 12.9 Å². The van der Waals surface area contributed by atoms with E-state index in [0.29, 0.717) is 5.52 Å². The number of alkyl halides is 3. The Balaban J connectivity index is 2.62. The largest absolute Gasteiger partial charge is 0.416 e. The van der Waals surface area contributed by atoms with Gasteiger partial charge in [0.15, 0.2) is 0 Å². The Morgan fingerprint density at radius 1 is 1.13 bits per heavy atom. The number of aromatic nitrogens is 1. The summed E-state index contributed by atoms with van der Waals surface area (Å²) in [4.78, 5) is 3.95. The van der Waals surface area contributed by atoms with Gasteiger partial charge < -0.3 is 0 Å². The van der Waals surface area contributed by atoms with Crippen LogP contribution in [0.25, 0.3) is 10.9 Å². The summed E-state index contributed by atoms with van der Waals surface area (Å²) in [5, 5.41) is 0.718. The lowest BCUT2D eigenvalue weighted by molar-refractivity contribution is -0.137. The summed E-state index contributed by atoms with van der Waals surface area (Å²) in [5.74, 6) is 0. The second kappa shape index (κ2) is 3.62. The highest BCUT2D eigenvalue weighted by molar-refractivity contribution is 14.1. The van der Waals surface area contributed by atoms with Crippen LogP contribution in [0.4, 0.5) is 13.2 Å². The van der Waals surface area contributed by atoms with Crippen molar-refractivity contribution in [1.82, 2.24) is 4.98 Å². The maximum absolute atomic E-state index is 12.4. The molecule has 0 aliphatic rings. The van der Waals surface area contributed by atoms with E-state index in [1.165, 1.54) is 6.07 Å². The van der Waals surface area contributed by atoms with E-state index in [4.69, 9.17) is 0 Å². The van der Waals surface area contributed by atoms with Crippen molar-refractivity contribution in [3.8, 4) is 0 Å². The number of hydrogen-bond acceptors (Lipinski definition) is 1. The zero-order valence-electron chi connectivity index (χ0n) is 7.35. The normalized spacial score (nSPS) is 12.0. The van der Waals surface area contributed by atoms with Gasteiger partial charge in [-0.15, -0.1) is 0 Å². The van der Waals surface area contributed by atoms with Gasteiger partial charge >= 0.3 is 6.18 Å². The number of fused-ring (bicyclic) bond motifs is 1. The minimum absolute atomic E-state index is 0.366. The summed E-state index contributed by atoms with van der Waals surface area (Å²) in [6, 6.07) is 5.36. The van der Waals surface area contributed by atoms with E-state index >= 15 is 0 Å². The monoisotopic (exact) mass is 323 g/mol. The molecule has 1 heterocycles. The van der Waals surface area contributed by atoms with Gasteiger partial charge in [0.2, 0.25) is 0 Å². The Bertz CT molecular complexity index is 507. The third-order valence-corrected chi connectivity index (χ3v) is 2.57. The fourth-order valence-corrected chi connectivity index (χ4v) is 1.75. The van der Waals surface area contributed by atoms with Gasteiger partial charge in [0.25, 0.3) is 0 Å². The third kappa shape index (κ3) is 2.22. The van der Waals surface area contributed by atoms with E-state index in [2.05, 4.69) is 27.6 Å². The van der Waals surface area contributed by atoms with Gasteiger partial charge in [-0.2, -0.15) is 13.2 Å². The predicted molar refractivity (Wildman–Crippen MR) is 59.5 cm³/mol. The van der Waals surface area contributed by atoms with E-state index in [1.54, 1.807) is 12.3 Å². The molecule has 1 nitrogen and oxygen atoms in total. The van der Waals surface area contributed by atoms with Gasteiger partial charge in [-0.25, -0.2) is 0 Å². The first kappa shape index (κ1) is 10.7. The van der Waals surface area contributed by atoms with Crippen LogP contribution in [0.3, 0.4) is 0 Å². The summed E-state index contributed by atoms with van der Waals surface area (Å²) in [6.45, 7) is 0. The van der Waals surface area contributed by atoms with E-state index in [0.717, 1.165) is 21.1 Å². The molecule has 78 valence electrons. The third-order valence-electron chi connectivity index (χ3n) is 1.98. The molecule has 0 N–H and O–H groups in total. The first-order valence-corrected chi connectivity index (χ1v) is 5.17. The Kier molecular flexibility index (Phi) is 2.57. The van der Waals surface area contributed by atoms with Crippen LogP contribution in [-0.4, -0.2) is 4.98 Å². The van der Waals surface area contributed by atoms with Crippen molar-refractivity contribution < 1.29 is 13.2 Å². The maximum atomic E-state index is 12.4. The highest BCUT2D eigenvalue weighted by atomic mass is 127. The van der Waals surface area contributed by atoms with Crippen LogP contribution in [0, 0.1) is 3.57 Å². The van der Waals surface area contributed by atoms with Crippen LogP contribution in [0.2, 0.25) is 0 Å². The van der Waals surface area contributed by atoms with Crippen LogP contribution in [-0.2, 0) is 6.18 Å². The Hall–Kier alpha value is -0.850. The molecule has 0 bridgehead atoms. The van der Waals surface area contributed by atoms with Crippen LogP contribution in [0.15, 0.2) is 30.5 Å². The fourth-order valence-electron chi connectivity index (χ4n) is 1.27. The van der Waals surface area contributed by atoms with E-state index in [1.807, 2.05) is 0 Å². The quantitative estimate of drug-likeness (QED) is 0.671. The van der Waals surface area contributed by atoms with Crippen LogP contribution >= 0.6 is 22.6 Å².